The number of aryl methyl sites for hydroxylation is 2. The topological polar surface area (TPSA) is 70.0 Å². The van der Waals surface area contributed by atoms with Crippen LogP contribution in [0.3, 0.4) is 0 Å². The van der Waals surface area contributed by atoms with Crippen LogP contribution in [0, 0.1) is 13.8 Å². The molecule has 3 heterocycles. The van der Waals surface area contributed by atoms with Gasteiger partial charge < -0.3 is 9.47 Å². The number of fused-ring (bicyclic) bond motifs is 2. The van der Waals surface area contributed by atoms with Gasteiger partial charge in [0.25, 0.3) is 0 Å². The van der Waals surface area contributed by atoms with Crippen LogP contribution in [-0.4, -0.2) is 34.2 Å². The Morgan fingerprint density at radius 1 is 1.00 bits per heavy atom. The van der Waals surface area contributed by atoms with Crippen LogP contribution in [0.2, 0.25) is 0 Å². The first-order chi connectivity index (χ1) is 12.6. The molecule has 26 heavy (non-hydrogen) atoms. The molecule has 4 rings (SSSR count). The summed E-state index contributed by atoms with van der Waals surface area (Å²) < 4.78 is 10.4. The maximum atomic E-state index is 5.28. The summed E-state index contributed by atoms with van der Waals surface area (Å²) in [5, 5.41) is 0.881. The number of benzene rings is 1. The molecule has 0 spiro atoms. The van der Waals surface area contributed by atoms with Crippen molar-refractivity contribution >= 4 is 32.7 Å². The van der Waals surface area contributed by atoms with Crippen LogP contribution >= 0.6 is 11.3 Å². The Morgan fingerprint density at radius 3 is 2.62 bits per heavy atom. The largest absolute Gasteiger partial charge is 0.481 e. The average molecular weight is 366 g/mol. The summed E-state index contributed by atoms with van der Waals surface area (Å²) in [6.45, 7) is 4.50. The summed E-state index contributed by atoms with van der Waals surface area (Å²) >= 11 is 1.54. The summed E-state index contributed by atoms with van der Waals surface area (Å²) in [4.78, 5) is 19.5. The van der Waals surface area contributed by atoms with E-state index in [0.717, 1.165) is 48.8 Å². The number of rotatable bonds is 4. The van der Waals surface area contributed by atoms with Gasteiger partial charge in [0.15, 0.2) is 0 Å². The van der Waals surface area contributed by atoms with Crippen LogP contribution in [0.5, 0.6) is 5.88 Å². The van der Waals surface area contributed by atoms with Crippen molar-refractivity contribution < 1.29 is 9.47 Å². The van der Waals surface area contributed by atoms with Gasteiger partial charge in [0.2, 0.25) is 5.88 Å². The van der Waals surface area contributed by atoms with Crippen molar-refractivity contribution in [3.8, 4) is 16.5 Å². The fourth-order valence-electron chi connectivity index (χ4n) is 2.93. The van der Waals surface area contributed by atoms with Gasteiger partial charge in [-0.05, 0) is 37.1 Å². The Labute approximate surface area is 154 Å². The lowest BCUT2D eigenvalue weighted by Crippen LogP contribution is -1.96. The third-order valence-corrected chi connectivity index (χ3v) is 5.09. The molecule has 0 radical (unpaired) electrons. The summed E-state index contributed by atoms with van der Waals surface area (Å²) in [5.41, 5.74) is 6.50. The second kappa shape index (κ2) is 6.59. The smallest absolute Gasteiger partial charge is 0.214 e. The highest BCUT2D eigenvalue weighted by atomic mass is 32.1. The minimum Gasteiger partial charge on any atom is -0.481 e. The van der Waals surface area contributed by atoms with E-state index in [2.05, 4.69) is 21.0 Å². The monoisotopic (exact) mass is 366 g/mol. The molecule has 0 bridgehead atoms. The Bertz CT molecular complexity index is 1120. The number of ether oxygens (including phenoxy) is 2. The molecule has 0 aliphatic rings. The van der Waals surface area contributed by atoms with E-state index in [4.69, 9.17) is 14.5 Å². The summed E-state index contributed by atoms with van der Waals surface area (Å²) in [5.74, 6) is 0.600. The maximum absolute atomic E-state index is 5.28. The lowest BCUT2D eigenvalue weighted by molar-refractivity contribution is 0.181. The fraction of sp³-hybridized carbons (Fsp3) is 0.263. The highest BCUT2D eigenvalue weighted by molar-refractivity contribution is 7.21. The van der Waals surface area contributed by atoms with Gasteiger partial charge in [0.1, 0.15) is 15.4 Å². The van der Waals surface area contributed by atoms with Gasteiger partial charge in [-0.3, -0.25) is 4.98 Å². The molecule has 0 saturated carbocycles. The van der Waals surface area contributed by atoms with Gasteiger partial charge in [-0.2, -0.15) is 0 Å². The number of hydrogen-bond donors (Lipinski definition) is 0. The van der Waals surface area contributed by atoms with Crippen LogP contribution < -0.4 is 4.74 Å². The molecule has 6 nitrogen and oxygen atoms in total. The van der Waals surface area contributed by atoms with E-state index in [-0.39, 0.29) is 0 Å². The molecule has 132 valence electrons. The fourth-order valence-corrected chi connectivity index (χ4v) is 3.96. The Kier molecular flexibility index (Phi) is 4.26. The van der Waals surface area contributed by atoms with Crippen molar-refractivity contribution in [1.29, 1.82) is 0 Å². The van der Waals surface area contributed by atoms with Gasteiger partial charge in [-0.25, -0.2) is 15.0 Å². The predicted octanol–water partition coefficient (Wildman–Crippen LogP) is 4.07. The van der Waals surface area contributed by atoms with Gasteiger partial charge in [0, 0.05) is 18.7 Å². The first kappa shape index (κ1) is 16.8. The standard InChI is InChI=1S/C19H18N4O2S/c1-10-5-13(17-14(6-10)21-12(8-20-17)9-24-3)18-23-16-11(2)7-15(25-4)22-19(16)26-18/h5-8H,9H2,1-4H3. The van der Waals surface area contributed by atoms with Crippen molar-refractivity contribution in [2.45, 2.75) is 20.5 Å². The molecule has 7 heteroatoms. The number of pyridine rings is 1. The molecule has 0 atom stereocenters. The van der Waals surface area contributed by atoms with E-state index < -0.39 is 0 Å². The van der Waals surface area contributed by atoms with Gasteiger partial charge >= 0.3 is 0 Å². The third-order valence-electron chi connectivity index (χ3n) is 4.11. The van der Waals surface area contributed by atoms with Crippen LogP contribution in [-0.2, 0) is 11.3 Å². The molecule has 0 amide bonds. The molecular formula is C19H18N4O2S. The molecule has 0 aliphatic heterocycles. The average Bonchev–Trinajstić information content (AvgIpc) is 3.05. The number of aromatic nitrogens is 4. The first-order valence-electron chi connectivity index (χ1n) is 8.17. The summed E-state index contributed by atoms with van der Waals surface area (Å²) in [6.07, 6.45) is 1.75. The first-order valence-corrected chi connectivity index (χ1v) is 8.98. The number of nitrogens with zero attached hydrogens (tertiary/aromatic N) is 4. The zero-order chi connectivity index (χ0) is 18.3. The van der Waals surface area contributed by atoms with E-state index in [0.29, 0.717) is 12.5 Å². The molecule has 0 saturated heterocycles. The van der Waals surface area contributed by atoms with Crippen molar-refractivity contribution in [2.75, 3.05) is 14.2 Å². The van der Waals surface area contributed by atoms with E-state index >= 15 is 0 Å². The molecule has 0 aliphatic carbocycles. The van der Waals surface area contributed by atoms with Gasteiger partial charge in [-0.1, -0.05) is 11.3 Å². The summed E-state index contributed by atoms with van der Waals surface area (Å²) in [7, 11) is 3.27. The third kappa shape index (κ3) is 2.89. The molecule has 0 unspecified atom stereocenters. The Morgan fingerprint density at radius 2 is 1.85 bits per heavy atom. The quantitative estimate of drug-likeness (QED) is 0.542. The van der Waals surface area contributed by atoms with Crippen molar-refractivity contribution in [2.24, 2.45) is 0 Å². The lowest BCUT2D eigenvalue weighted by Gasteiger charge is -2.06. The van der Waals surface area contributed by atoms with Crippen molar-refractivity contribution in [1.82, 2.24) is 19.9 Å². The van der Waals surface area contributed by atoms with E-state index in [9.17, 15) is 0 Å². The second-order valence-electron chi connectivity index (χ2n) is 6.13. The maximum Gasteiger partial charge on any atom is 0.214 e. The van der Waals surface area contributed by atoms with E-state index in [1.807, 2.05) is 26.0 Å². The van der Waals surface area contributed by atoms with E-state index in [1.54, 1.807) is 20.4 Å². The molecule has 0 fully saturated rings. The lowest BCUT2D eigenvalue weighted by atomic mass is 10.1. The Balaban J connectivity index is 1.93. The molecule has 0 N–H and O–H groups in total. The van der Waals surface area contributed by atoms with Gasteiger partial charge in [-0.15, -0.1) is 0 Å². The number of methoxy groups -OCH3 is 2. The van der Waals surface area contributed by atoms with E-state index in [1.165, 1.54) is 11.3 Å². The zero-order valence-electron chi connectivity index (χ0n) is 15.0. The minimum absolute atomic E-state index is 0.441. The summed E-state index contributed by atoms with van der Waals surface area (Å²) in [6, 6.07) is 6.03. The molecule has 4 aromatic rings. The molecule has 3 aromatic heterocycles. The highest BCUT2D eigenvalue weighted by Gasteiger charge is 2.15. The minimum atomic E-state index is 0.441. The van der Waals surface area contributed by atoms with Crippen LogP contribution in [0.15, 0.2) is 24.4 Å². The number of hydrogen-bond acceptors (Lipinski definition) is 7. The molecular weight excluding hydrogens is 348 g/mol. The van der Waals surface area contributed by atoms with Crippen LogP contribution in [0.1, 0.15) is 16.8 Å². The van der Waals surface area contributed by atoms with Crippen LogP contribution in [0.25, 0.3) is 32.0 Å². The number of thiazole rings is 1. The van der Waals surface area contributed by atoms with Crippen molar-refractivity contribution in [3.63, 3.8) is 0 Å². The Hall–Kier alpha value is -2.64. The van der Waals surface area contributed by atoms with Gasteiger partial charge in [0.05, 0.1) is 36.6 Å². The predicted molar refractivity (Wildman–Crippen MR) is 103 cm³/mol. The SMILES string of the molecule is COCc1cnc2c(-c3nc4c(C)cc(OC)nc4s3)cc(C)cc2n1. The highest BCUT2D eigenvalue weighted by Crippen LogP contribution is 2.35. The van der Waals surface area contributed by atoms with Crippen molar-refractivity contribution in [3.05, 3.63) is 41.2 Å². The molecule has 1 aromatic carbocycles. The van der Waals surface area contributed by atoms with Crippen LogP contribution in [0.4, 0.5) is 0 Å². The zero-order valence-corrected chi connectivity index (χ0v) is 15.8. The normalized spacial score (nSPS) is 11.4. The second-order valence-corrected chi connectivity index (χ2v) is 7.11.